The Morgan fingerprint density at radius 3 is 2.27 bits per heavy atom. The first-order valence-corrected chi connectivity index (χ1v) is 17.6. The van der Waals surface area contributed by atoms with Gasteiger partial charge in [0.1, 0.15) is 18.1 Å². The van der Waals surface area contributed by atoms with Crippen LogP contribution in [0.5, 0.6) is 0 Å². The zero-order chi connectivity index (χ0) is 32.9. The van der Waals surface area contributed by atoms with Gasteiger partial charge in [0, 0.05) is 13.0 Å². The average Bonchev–Trinajstić information content (AvgIpc) is 3.00. The molecule has 0 bridgehead atoms. The largest absolute Gasteiger partial charge is 0.349 e. The van der Waals surface area contributed by atoms with Crippen LogP contribution >= 0.6 is 11.8 Å². The van der Waals surface area contributed by atoms with Crippen molar-refractivity contribution in [2.75, 3.05) is 45.2 Å². The minimum atomic E-state index is -0.902. The number of carbonyl (C=O) groups excluding carboxylic acids is 5. The van der Waals surface area contributed by atoms with Crippen molar-refractivity contribution >= 4 is 41.3 Å². The maximum absolute atomic E-state index is 13.7. The van der Waals surface area contributed by atoms with E-state index in [1.165, 1.54) is 4.90 Å². The number of hydrogen-bond acceptors (Lipinski definition) is 7. The topological polar surface area (TPSA) is 140 Å². The van der Waals surface area contributed by atoms with Crippen molar-refractivity contribution in [2.24, 2.45) is 11.8 Å². The van der Waals surface area contributed by atoms with Gasteiger partial charge in [-0.25, -0.2) is 0 Å². The van der Waals surface area contributed by atoms with E-state index in [-0.39, 0.29) is 24.9 Å². The summed E-state index contributed by atoms with van der Waals surface area (Å²) in [6.45, 7) is 7.11. The molecule has 1 aromatic carbocycles. The fourth-order valence-electron chi connectivity index (χ4n) is 5.82. The number of likely N-dealkylation sites (tertiary alicyclic amines) is 1. The van der Waals surface area contributed by atoms with Crippen LogP contribution < -0.4 is 21.3 Å². The van der Waals surface area contributed by atoms with Crippen molar-refractivity contribution in [2.45, 2.75) is 83.5 Å². The lowest BCUT2D eigenvalue weighted by Crippen LogP contribution is -2.57. The van der Waals surface area contributed by atoms with Gasteiger partial charge in [-0.15, -0.1) is 0 Å². The number of hydrogen-bond donors (Lipinski definition) is 4. The molecule has 3 rings (SSSR count). The lowest BCUT2D eigenvalue weighted by atomic mass is 9.92. The third kappa shape index (κ3) is 12.0. The normalized spacial score (nSPS) is 25.1. The van der Waals surface area contributed by atoms with Crippen LogP contribution in [0.1, 0.15) is 58.4 Å². The van der Waals surface area contributed by atoms with Gasteiger partial charge in [0.2, 0.25) is 29.5 Å². The summed E-state index contributed by atoms with van der Waals surface area (Å²) < 4.78 is 0. The van der Waals surface area contributed by atoms with E-state index in [0.717, 1.165) is 37.9 Å². The molecule has 0 aromatic heterocycles. The van der Waals surface area contributed by atoms with Gasteiger partial charge >= 0.3 is 0 Å². The number of rotatable bonds is 9. The zero-order valence-electron chi connectivity index (χ0n) is 27.5. The Labute approximate surface area is 272 Å². The molecule has 0 spiro atoms. The predicted octanol–water partition coefficient (Wildman–Crippen LogP) is 1.56. The van der Waals surface area contributed by atoms with Crippen LogP contribution in [0.4, 0.5) is 0 Å². The van der Waals surface area contributed by atoms with Crippen LogP contribution in [0.2, 0.25) is 0 Å². The quantitative estimate of drug-likeness (QED) is 0.320. The molecule has 250 valence electrons. The summed E-state index contributed by atoms with van der Waals surface area (Å²) >= 11 is 1.54. The maximum atomic E-state index is 13.7. The van der Waals surface area contributed by atoms with Crippen molar-refractivity contribution in [1.82, 2.24) is 31.1 Å². The monoisotopic (exact) mass is 644 g/mol. The Morgan fingerprint density at radius 2 is 1.62 bits per heavy atom. The number of nitrogens with one attached hydrogen (secondary N) is 4. The molecule has 45 heavy (non-hydrogen) atoms. The number of thioether (sulfide) groups is 1. The van der Waals surface area contributed by atoms with Gasteiger partial charge < -0.3 is 31.1 Å². The van der Waals surface area contributed by atoms with Crippen LogP contribution in [0.25, 0.3) is 0 Å². The van der Waals surface area contributed by atoms with Crippen LogP contribution in [0.3, 0.4) is 0 Å². The first kappa shape index (κ1) is 36.3. The SMILES string of the molecule is CSCC[C@@H]1NC(=O)[C@H](C(C)C)NC(=O)CN(C(=O)CCC2CCN(C)CC2)C[C@@H](Cc2ccccc2)NC(=O)[C@H](C)NC1=O. The lowest BCUT2D eigenvalue weighted by Gasteiger charge is -2.31. The molecule has 0 radical (unpaired) electrons. The molecule has 4 atom stereocenters. The molecular weight excluding hydrogens is 592 g/mol. The van der Waals surface area contributed by atoms with Crippen molar-refractivity contribution in [3.8, 4) is 0 Å². The highest BCUT2D eigenvalue weighted by molar-refractivity contribution is 7.98. The molecule has 11 nitrogen and oxygen atoms in total. The van der Waals surface area contributed by atoms with Crippen LogP contribution in [0, 0.1) is 11.8 Å². The molecule has 2 aliphatic heterocycles. The predicted molar refractivity (Wildman–Crippen MR) is 177 cm³/mol. The summed E-state index contributed by atoms with van der Waals surface area (Å²) in [7, 11) is 2.10. The zero-order valence-corrected chi connectivity index (χ0v) is 28.3. The smallest absolute Gasteiger partial charge is 0.243 e. The molecule has 2 aliphatic rings. The standard InChI is InChI=1S/C33H52N6O5S/c1-22(2)30-33(44)36-27(15-18-45-5)32(43)34-23(3)31(42)35-26(19-25-9-7-6-8-10-25)20-39(21-28(40)37-30)29(41)12-11-24-13-16-38(4)17-14-24/h6-10,22-24,26-27,30H,11-21H2,1-5H3,(H,34,43)(H,35,42)(H,36,44)(H,37,40)/t23-,26+,27-,30-/m0/s1. The molecule has 2 heterocycles. The van der Waals surface area contributed by atoms with Gasteiger partial charge in [-0.3, -0.25) is 24.0 Å². The van der Waals surface area contributed by atoms with E-state index in [2.05, 4.69) is 33.2 Å². The second kappa shape index (κ2) is 18.1. The second-order valence-electron chi connectivity index (χ2n) is 12.8. The van der Waals surface area contributed by atoms with Gasteiger partial charge in [0.05, 0.1) is 12.6 Å². The first-order chi connectivity index (χ1) is 21.5. The molecule has 0 saturated carbocycles. The molecule has 4 N–H and O–H groups in total. The number of amides is 5. The van der Waals surface area contributed by atoms with E-state index in [1.807, 2.05) is 50.4 Å². The average molecular weight is 645 g/mol. The highest BCUT2D eigenvalue weighted by atomic mass is 32.2. The third-order valence-corrected chi connectivity index (χ3v) is 9.31. The van der Waals surface area contributed by atoms with Crippen molar-refractivity contribution < 1.29 is 24.0 Å². The summed E-state index contributed by atoms with van der Waals surface area (Å²) in [5.74, 6) is -1.18. The third-order valence-electron chi connectivity index (χ3n) is 8.67. The fraction of sp³-hybridized carbons (Fsp3) is 0.667. The summed E-state index contributed by atoms with van der Waals surface area (Å²) in [6.07, 6.45) is 5.80. The van der Waals surface area contributed by atoms with E-state index in [1.54, 1.807) is 18.7 Å². The van der Waals surface area contributed by atoms with E-state index >= 15 is 0 Å². The Balaban J connectivity index is 1.90. The van der Waals surface area contributed by atoms with Gasteiger partial charge in [0.15, 0.2) is 0 Å². The van der Waals surface area contributed by atoms with Crippen LogP contribution in [0.15, 0.2) is 30.3 Å². The van der Waals surface area contributed by atoms with Gasteiger partial charge in [-0.05, 0) is 88.6 Å². The Hall–Kier alpha value is -3.12. The molecule has 2 fully saturated rings. The van der Waals surface area contributed by atoms with Crippen molar-refractivity contribution in [1.29, 1.82) is 0 Å². The van der Waals surface area contributed by atoms with E-state index in [4.69, 9.17) is 0 Å². The van der Waals surface area contributed by atoms with Crippen molar-refractivity contribution in [3.05, 3.63) is 35.9 Å². The number of nitrogens with zero attached hydrogens (tertiary/aromatic N) is 2. The number of benzene rings is 1. The molecule has 12 heteroatoms. The first-order valence-electron chi connectivity index (χ1n) is 16.2. The minimum Gasteiger partial charge on any atom is -0.349 e. The highest BCUT2D eigenvalue weighted by Gasteiger charge is 2.32. The summed E-state index contributed by atoms with van der Waals surface area (Å²) in [5, 5.41) is 11.4. The van der Waals surface area contributed by atoms with Gasteiger partial charge in [0.25, 0.3) is 0 Å². The fourth-order valence-corrected chi connectivity index (χ4v) is 6.29. The maximum Gasteiger partial charge on any atom is 0.243 e. The molecule has 0 unspecified atom stereocenters. The molecule has 2 saturated heterocycles. The van der Waals surface area contributed by atoms with Gasteiger partial charge in [-0.2, -0.15) is 11.8 Å². The summed E-state index contributed by atoms with van der Waals surface area (Å²) in [5.41, 5.74) is 0.965. The van der Waals surface area contributed by atoms with E-state index in [0.29, 0.717) is 30.9 Å². The summed E-state index contributed by atoms with van der Waals surface area (Å²) in [4.78, 5) is 71.1. The molecule has 5 amide bonds. The Bertz CT molecular complexity index is 1140. The highest BCUT2D eigenvalue weighted by Crippen LogP contribution is 2.22. The lowest BCUT2D eigenvalue weighted by molar-refractivity contribution is -0.138. The molecule has 1 aromatic rings. The van der Waals surface area contributed by atoms with Gasteiger partial charge in [-0.1, -0.05) is 44.2 Å². The van der Waals surface area contributed by atoms with Crippen LogP contribution in [-0.2, 0) is 30.4 Å². The van der Waals surface area contributed by atoms with E-state index in [9.17, 15) is 24.0 Å². The molecule has 0 aliphatic carbocycles. The Kier molecular flexibility index (Phi) is 14.6. The Morgan fingerprint density at radius 1 is 0.933 bits per heavy atom. The molecular formula is C33H52N6O5S. The summed E-state index contributed by atoms with van der Waals surface area (Å²) in [6, 6.07) is 6.46. The number of carbonyl (C=O) groups is 5. The second-order valence-corrected chi connectivity index (χ2v) is 13.8. The van der Waals surface area contributed by atoms with E-state index < -0.39 is 47.8 Å². The minimum absolute atomic E-state index is 0.107. The van der Waals surface area contributed by atoms with Crippen LogP contribution in [-0.4, -0.2) is 109 Å². The number of piperidine rings is 1. The van der Waals surface area contributed by atoms with Crippen molar-refractivity contribution in [3.63, 3.8) is 0 Å².